The normalized spacial score (nSPS) is 11.0. The van der Waals surface area contributed by atoms with Crippen LogP contribution in [-0.2, 0) is 4.79 Å². The molecule has 112 valence electrons. The third-order valence-corrected chi connectivity index (χ3v) is 3.53. The maximum absolute atomic E-state index is 11.2. The topological polar surface area (TPSA) is 68.0 Å². The summed E-state index contributed by atoms with van der Waals surface area (Å²) in [6.45, 7) is 1.45. The summed E-state index contributed by atoms with van der Waals surface area (Å²) in [6, 6.07) is 17.3. The molecular weight excluding hydrogens is 290 g/mol. The van der Waals surface area contributed by atoms with Gasteiger partial charge in [-0.1, -0.05) is 18.2 Å². The summed E-state index contributed by atoms with van der Waals surface area (Å²) in [5.41, 5.74) is 2.10. The van der Waals surface area contributed by atoms with Gasteiger partial charge in [-0.25, -0.2) is 9.97 Å². The van der Waals surface area contributed by atoms with E-state index >= 15 is 0 Å². The van der Waals surface area contributed by atoms with Gasteiger partial charge < -0.3 is 9.73 Å². The summed E-state index contributed by atoms with van der Waals surface area (Å²) in [4.78, 5) is 20.1. The van der Waals surface area contributed by atoms with E-state index in [4.69, 9.17) is 4.42 Å². The lowest BCUT2D eigenvalue weighted by atomic mass is 10.2. The van der Waals surface area contributed by atoms with E-state index in [2.05, 4.69) is 15.3 Å². The van der Waals surface area contributed by atoms with Crippen LogP contribution in [0.5, 0.6) is 0 Å². The fourth-order valence-electron chi connectivity index (χ4n) is 2.49. The van der Waals surface area contributed by atoms with Gasteiger partial charge in [-0.3, -0.25) is 4.79 Å². The molecule has 0 bridgehead atoms. The number of pyridine rings is 2. The predicted molar refractivity (Wildman–Crippen MR) is 89.0 cm³/mol. The summed E-state index contributed by atoms with van der Waals surface area (Å²) in [5.74, 6) is 1.02. The van der Waals surface area contributed by atoms with Crippen molar-refractivity contribution in [2.24, 2.45) is 0 Å². The van der Waals surface area contributed by atoms with Crippen LogP contribution in [0.25, 0.3) is 33.5 Å². The second kappa shape index (κ2) is 5.21. The molecule has 0 spiro atoms. The average molecular weight is 303 g/mol. The van der Waals surface area contributed by atoms with Gasteiger partial charge in [-0.05, 0) is 36.4 Å². The molecule has 0 saturated heterocycles. The molecule has 1 N–H and O–H groups in total. The molecule has 1 amide bonds. The minimum atomic E-state index is -0.162. The Hall–Kier alpha value is -3.21. The van der Waals surface area contributed by atoms with Crippen LogP contribution in [0.3, 0.4) is 0 Å². The van der Waals surface area contributed by atoms with Crippen molar-refractivity contribution in [3.63, 3.8) is 0 Å². The fourth-order valence-corrected chi connectivity index (χ4v) is 2.49. The molecule has 3 aromatic heterocycles. The number of nitrogens with one attached hydrogen (secondary N) is 1. The number of aromatic nitrogens is 2. The first-order valence-electron chi connectivity index (χ1n) is 7.23. The van der Waals surface area contributed by atoms with Crippen molar-refractivity contribution in [2.75, 3.05) is 5.32 Å². The van der Waals surface area contributed by atoms with E-state index in [1.165, 1.54) is 6.92 Å². The van der Waals surface area contributed by atoms with Crippen molar-refractivity contribution in [1.82, 2.24) is 9.97 Å². The van der Waals surface area contributed by atoms with E-state index in [1.807, 2.05) is 48.5 Å². The molecule has 0 aliphatic carbocycles. The zero-order chi connectivity index (χ0) is 15.8. The maximum Gasteiger partial charge on any atom is 0.222 e. The second-order valence-corrected chi connectivity index (χ2v) is 5.27. The number of para-hydroxylation sites is 1. The molecule has 5 heteroatoms. The maximum atomic E-state index is 11.2. The van der Waals surface area contributed by atoms with Crippen molar-refractivity contribution in [2.45, 2.75) is 6.92 Å². The smallest absolute Gasteiger partial charge is 0.222 e. The first-order valence-corrected chi connectivity index (χ1v) is 7.23. The van der Waals surface area contributed by atoms with E-state index in [1.54, 1.807) is 6.07 Å². The molecule has 23 heavy (non-hydrogen) atoms. The zero-order valence-electron chi connectivity index (χ0n) is 12.4. The van der Waals surface area contributed by atoms with Crippen LogP contribution < -0.4 is 5.32 Å². The number of benzene rings is 1. The first-order chi connectivity index (χ1) is 11.2. The number of nitrogens with zero attached hydrogens (tertiary/aromatic N) is 2. The summed E-state index contributed by atoms with van der Waals surface area (Å²) < 4.78 is 5.84. The Kier molecular flexibility index (Phi) is 3.05. The predicted octanol–water partition coefficient (Wildman–Crippen LogP) is 4.00. The SMILES string of the molecule is CC(=O)Nc1ccc2ccc(-c3cc4ccccc4o3)nc2n1. The van der Waals surface area contributed by atoms with E-state index < -0.39 is 0 Å². The summed E-state index contributed by atoms with van der Waals surface area (Å²) in [7, 11) is 0. The van der Waals surface area contributed by atoms with Gasteiger partial charge in [-0.2, -0.15) is 0 Å². The Morgan fingerprint density at radius 1 is 1.00 bits per heavy atom. The number of rotatable bonds is 2. The average Bonchev–Trinajstić information content (AvgIpc) is 2.97. The monoisotopic (exact) mass is 303 g/mol. The Labute approximate surface area is 132 Å². The third-order valence-electron chi connectivity index (χ3n) is 3.53. The minimum absolute atomic E-state index is 0.162. The standard InChI is InChI=1S/C18H13N3O2/c1-11(22)19-17-9-7-12-6-8-14(20-18(12)21-17)16-10-13-4-2-3-5-15(13)23-16/h2-10H,1H3,(H,19,20,21,22). The van der Waals surface area contributed by atoms with Crippen molar-refractivity contribution < 1.29 is 9.21 Å². The van der Waals surface area contributed by atoms with Crippen LogP contribution in [0.1, 0.15) is 6.92 Å². The number of hydrogen-bond acceptors (Lipinski definition) is 4. The summed E-state index contributed by atoms with van der Waals surface area (Å²) in [6.07, 6.45) is 0. The molecule has 1 aromatic carbocycles. The van der Waals surface area contributed by atoms with Crippen LogP contribution >= 0.6 is 0 Å². The van der Waals surface area contributed by atoms with Crippen molar-refractivity contribution in [3.05, 3.63) is 54.6 Å². The molecule has 0 aliphatic rings. The second-order valence-electron chi connectivity index (χ2n) is 5.27. The number of fused-ring (bicyclic) bond motifs is 2. The van der Waals surface area contributed by atoms with E-state index in [9.17, 15) is 4.79 Å². The highest BCUT2D eigenvalue weighted by Crippen LogP contribution is 2.27. The first kappa shape index (κ1) is 13.5. The van der Waals surface area contributed by atoms with Gasteiger partial charge in [-0.15, -0.1) is 0 Å². The lowest BCUT2D eigenvalue weighted by Gasteiger charge is -2.03. The Morgan fingerprint density at radius 2 is 1.83 bits per heavy atom. The van der Waals surface area contributed by atoms with Crippen LogP contribution in [0, 0.1) is 0 Å². The molecule has 5 nitrogen and oxygen atoms in total. The molecular formula is C18H13N3O2. The zero-order valence-corrected chi connectivity index (χ0v) is 12.4. The summed E-state index contributed by atoms with van der Waals surface area (Å²) in [5, 5.41) is 4.60. The van der Waals surface area contributed by atoms with E-state index in [0.29, 0.717) is 22.9 Å². The fraction of sp³-hybridized carbons (Fsp3) is 0.0556. The van der Waals surface area contributed by atoms with Gasteiger partial charge in [0.1, 0.15) is 17.1 Å². The van der Waals surface area contributed by atoms with Crippen molar-refractivity contribution >= 4 is 33.7 Å². The quantitative estimate of drug-likeness (QED) is 0.607. The van der Waals surface area contributed by atoms with Crippen LogP contribution in [0.15, 0.2) is 59.0 Å². The van der Waals surface area contributed by atoms with E-state index in [-0.39, 0.29) is 5.91 Å². The molecule has 0 radical (unpaired) electrons. The van der Waals surface area contributed by atoms with Gasteiger partial charge in [0, 0.05) is 17.7 Å². The highest BCUT2D eigenvalue weighted by atomic mass is 16.3. The Morgan fingerprint density at radius 3 is 2.65 bits per heavy atom. The van der Waals surface area contributed by atoms with Crippen molar-refractivity contribution in [3.8, 4) is 11.5 Å². The summed E-state index contributed by atoms with van der Waals surface area (Å²) >= 11 is 0. The molecule has 4 aromatic rings. The van der Waals surface area contributed by atoms with Gasteiger partial charge in [0.25, 0.3) is 0 Å². The Bertz CT molecular complexity index is 1000. The molecule has 3 heterocycles. The van der Waals surface area contributed by atoms with Gasteiger partial charge in [0.15, 0.2) is 11.4 Å². The molecule has 4 rings (SSSR count). The lowest BCUT2D eigenvalue weighted by Crippen LogP contribution is -2.07. The van der Waals surface area contributed by atoms with Crippen LogP contribution in [0.4, 0.5) is 5.82 Å². The van der Waals surface area contributed by atoms with Gasteiger partial charge in [0.05, 0.1) is 0 Å². The molecule has 0 aliphatic heterocycles. The molecule has 0 unspecified atom stereocenters. The number of furan rings is 1. The lowest BCUT2D eigenvalue weighted by molar-refractivity contribution is -0.114. The van der Waals surface area contributed by atoms with Crippen LogP contribution in [0.2, 0.25) is 0 Å². The van der Waals surface area contributed by atoms with Gasteiger partial charge >= 0.3 is 0 Å². The van der Waals surface area contributed by atoms with Crippen LogP contribution in [-0.4, -0.2) is 15.9 Å². The molecule has 0 saturated carbocycles. The van der Waals surface area contributed by atoms with Crippen molar-refractivity contribution in [1.29, 1.82) is 0 Å². The largest absolute Gasteiger partial charge is 0.454 e. The van der Waals surface area contributed by atoms with Gasteiger partial charge in [0.2, 0.25) is 5.91 Å². The minimum Gasteiger partial charge on any atom is -0.454 e. The number of anilines is 1. The number of carbonyl (C=O) groups excluding carboxylic acids is 1. The Balaban J connectivity index is 1.81. The highest BCUT2D eigenvalue weighted by Gasteiger charge is 2.09. The number of amides is 1. The molecule has 0 fully saturated rings. The third kappa shape index (κ3) is 2.53. The highest BCUT2D eigenvalue weighted by molar-refractivity contribution is 5.89. The van der Waals surface area contributed by atoms with E-state index in [0.717, 1.165) is 16.4 Å². The molecule has 0 atom stereocenters. The number of carbonyl (C=O) groups is 1. The number of hydrogen-bond donors (Lipinski definition) is 1.